The lowest BCUT2D eigenvalue weighted by Crippen LogP contribution is -2.34. The molecule has 35 heavy (non-hydrogen) atoms. The first-order chi connectivity index (χ1) is 16.9. The zero-order valence-corrected chi connectivity index (χ0v) is 20.6. The topological polar surface area (TPSA) is 113 Å². The van der Waals surface area contributed by atoms with E-state index in [9.17, 15) is 14.4 Å². The molecule has 0 aliphatic carbocycles. The first-order valence-corrected chi connectivity index (χ1v) is 12.2. The number of rotatable bonds is 9. The number of hydrogen-bond donors (Lipinski definition) is 3. The Kier molecular flexibility index (Phi) is 7.86. The van der Waals surface area contributed by atoms with Crippen LogP contribution in [0.2, 0.25) is 4.34 Å². The van der Waals surface area contributed by atoms with E-state index in [0.29, 0.717) is 39.2 Å². The Labute approximate surface area is 210 Å². The fourth-order valence-corrected chi connectivity index (χ4v) is 4.77. The minimum absolute atomic E-state index is 0.00272. The van der Waals surface area contributed by atoms with Gasteiger partial charge >= 0.3 is 6.09 Å². The predicted molar refractivity (Wildman–Crippen MR) is 135 cm³/mol. The molecule has 1 saturated heterocycles. The molecule has 1 aliphatic heterocycles. The average molecular weight is 517 g/mol. The number of pyridine rings is 1. The maximum atomic E-state index is 12.9. The molecule has 11 heteroatoms. The Balaban J connectivity index is 1.44. The fraction of sp³-hybridized carbons (Fsp3) is 0.292. The fourth-order valence-electron chi connectivity index (χ4n) is 3.81. The maximum absolute atomic E-state index is 12.9. The molecule has 3 N–H and O–H groups in total. The van der Waals surface area contributed by atoms with Gasteiger partial charge in [0.1, 0.15) is 6.10 Å². The molecule has 0 spiro atoms. The number of aliphatic hydroxyl groups is 1. The zero-order chi connectivity index (χ0) is 24.9. The van der Waals surface area contributed by atoms with Crippen LogP contribution in [0.1, 0.15) is 20.8 Å². The number of aryl methyl sites for hydroxylation is 1. The van der Waals surface area contributed by atoms with Crippen molar-refractivity contribution < 1.29 is 19.4 Å². The van der Waals surface area contributed by atoms with E-state index in [1.54, 1.807) is 47.2 Å². The molecule has 184 valence electrons. The predicted octanol–water partition coefficient (Wildman–Crippen LogP) is 2.70. The third-order valence-corrected chi connectivity index (χ3v) is 6.77. The molecule has 2 aromatic heterocycles. The summed E-state index contributed by atoms with van der Waals surface area (Å²) in [5, 5.41) is 14.7. The quantitative estimate of drug-likeness (QED) is 0.377. The van der Waals surface area contributed by atoms with Crippen LogP contribution in [-0.4, -0.2) is 54.0 Å². The summed E-state index contributed by atoms with van der Waals surface area (Å²) >= 11 is 7.06. The number of nitrogens with one attached hydrogen (secondary N) is 2. The van der Waals surface area contributed by atoms with Crippen molar-refractivity contribution in [1.29, 1.82) is 0 Å². The number of carbonyl (C=O) groups excluding carboxylic acids is 2. The number of nitrogens with zero attached hydrogens (tertiary/aromatic N) is 2. The van der Waals surface area contributed by atoms with E-state index in [1.807, 2.05) is 13.0 Å². The molecule has 3 heterocycles. The number of hydrogen-bond acceptors (Lipinski definition) is 7. The molecule has 0 unspecified atom stereocenters. The van der Waals surface area contributed by atoms with Crippen molar-refractivity contribution >= 4 is 40.6 Å². The minimum Gasteiger partial charge on any atom is -0.442 e. The van der Waals surface area contributed by atoms with Gasteiger partial charge in [-0.1, -0.05) is 17.7 Å². The Morgan fingerprint density at radius 1 is 1.26 bits per heavy atom. The Hall–Kier alpha value is -3.18. The average Bonchev–Trinajstić information content (AvgIpc) is 3.44. The first kappa shape index (κ1) is 24.9. The summed E-state index contributed by atoms with van der Waals surface area (Å²) < 4.78 is 7.52. The monoisotopic (exact) mass is 516 g/mol. The number of aromatic nitrogens is 1. The number of ether oxygens (including phenoxy) is 1. The highest BCUT2D eigenvalue weighted by molar-refractivity contribution is 7.18. The van der Waals surface area contributed by atoms with Gasteiger partial charge in [0.2, 0.25) is 0 Å². The van der Waals surface area contributed by atoms with Crippen molar-refractivity contribution in [3.63, 3.8) is 0 Å². The second kappa shape index (κ2) is 11.0. The lowest BCUT2D eigenvalue weighted by atomic mass is 10.1. The van der Waals surface area contributed by atoms with Gasteiger partial charge in [-0.2, -0.15) is 0 Å². The number of aliphatic hydroxyl groups excluding tert-OH is 1. The number of anilines is 1. The van der Waals surface area contributed by atoms with Crippen molar-refractivity contribution in [3.8, 4) is 5.69 Å². The maximum Gasteiger partial charge on any atom is 0.414 e. The van der Waals surface area contributed by atoms with Gasteiger partial charge in [-0.3, -0.25) is 19.1 Å². The van der Waals surface area contributed by atoms with Crippen LogP contribution < -0.4 is 21.1 Å². The number of thiophene rings is 1. The second-order valence-electron chi connectivity index (χ2n) is 8.01. The van der Waals surface area contributed by atoms with Crippen LogP contribution in [0, 0.1) is 6.92 Å². The highest BCUT2D eigenvalue weighted by Crippen LogP contribution is 2.26. The summed E-state index contributed by atoms with van der Waals surface area (Å²) in [6.07, 6.45) is 0.709. The first-order valence-electron chi connectivity index (χ1n) is 11.0. The van der Waals surface area contributed by atoms with E-state index >= 15 is 0 Å². The van der Waals surface area contributed by atoms with Gasteiger partial charge in [-0.05, 0) is 48.9 Å². The number of benzene rings is 1. The summed E-state index contributed by atoms with van der Waals surface area (Å²) in [5.74, 6) is -0.268. The standard InChI is InChI=1S/C24H25ClN4O5S/c1-15-11-17(4-5-19(15)28-9-2-3-16(23(28)32)12-26-8-10-30)29-14-18(34-24(29)33)13-27-22(31)20-6-7-21(25)35-20/h2-7,9,11,18,26,30H,8,10,12-14H2,1H3,(H,27,31)/t18-/m0/s1. The molecular formula is C24H25ClN4O5S. The van der Waals surface area contributed by atoms with Gasteiger partial charge in [-0.15, -0.1) is 11.3 Å². The molecular weight excluding hydrogens is 492 g/mol. The summed E-state index contributed by atoms with van der Waals surface area (Å²) in [5.41, 5.74) is 2.58. The van der Waals surface area contributed by atoms with E-state index in [2.05, 4.69) is 10.6 Å². The molecule has 1 fully saturated rings. The van der Waals surface area contributed by atoms with Gasteiger partial charge in [0.15, 0.2) is 0 Å². The normalized spacial score (nSPS) is 15.3. The van der Waals surface area contributed by atoms with E-state index < -0.39 is 12.2 Å². The Morgan fingerprint density at radius 3 is 2.80 bits per heavy atom. The number of carbonyl (C=O) groups is 2. The lowest BCUT2D eigenvalue weighted by Gasteiger charge is -2.17. The molecule has 1 aromatic carbocycles. The third-order valence-electron chi connectivity index (χ3n) is 5.54. The SMILES string of the molecule is Cc1cc(N2C[C@H](CNC(=O)c3ccc(Cl)s3)OC2=O)ccc1-n1cccc(CNCCO)c1=O. The molecule has 3 aromatic rings. The number of cyclic esters (lactones) is 1. The molecule has 0 radical (unpaired) electrons. The second-order valence-corrected chi connectivity index (χ2v) is 9.72. The van der Waals surface area contributed by atoms with Crippen LogP contribution in [0.3, 0.4) is 0 Å². The zero-order valence-electron chi connectivity index (χ0n) is 19.0. The Bertz CT molecular complexity index is 1290. The highest BCUT2D eigenvalue weighted by atomic mass is 35.5. The van der Waals surface area contributed by atoms with Crippen LogP contribution in [0.25, 0.3) is 5.69 Å². The van der Waals surface area contributed by atoms with Crippen LogP contribution in [-0.2, 0) is 11.3 Å². The Morgan fingerprint density at radius 2 is 2.09 bits per heavy atom. The van der Waals surface area contributed by atoms with Gasteiger partial charge in [0, 0.05) is 30.5 Å². The molecule has 2 amide bonds. The molecule has 1 aliphatic rings. The van der Waals surface area contributed by atoms with E-state index in [0.717, 1.165) is 5.56 Å². The van der Waals surface area contributed by atoms with E-state index in [1.165, 1.54) is 16.2 Å². The van der Waals surface area contributed by atoms with Gasteiger partial charge in [-0.25, -0.2) is 4.79 Å². The smallest absolute Gasteiger partial charge is 0.414 e. The van der Waals surface area contributed by atoms with E-state index in [-0.39, 0.29) is 31.2 Å². The summed E-state index contributed by atoms with van der Waals surface area (Å²) in [4.78, 5) is 39.6. The van der Waals surface area contributed by atoms with Crippen LogP contribution in [0.4, 0.5) is 10.5 Å². The molecule has 4 rings (SSSR count). The lowest BCUT2D eigenvalue weighted by molar-refractivity contribution is 0.0920. The van der Waals surface area contributed by atoms with Crippen molar-refractivity contribution in [2.45, 2.75) is 19.6 Å². The summed E-state index contributed by atoms with van der Waals surface area (Å²) in [6, 6.07) is 12.2. The van der Waals surface area contributed by atoms with Crippen LogP contribution in [0.15, 0.2) is 53.5 Å². The molecule has 9 nitrogen and oxygen atoms in total. The third kappa shape index (κ3) is 5.73. The highest BCUT2D eigenvalue weighted by Gasteiger charge is 2.33. The minimum atomic E-state index is -0.496. The van der Waals surface area contributed by atoms with Crippen molar-refractivity contribution in [3.05, 3.63) is 79.4 Å². The van der Waals surface area contributed by atoms with Crippen molar-refractivity contribution in [1.82, 2.24) is 15.2 Å². The summed E-state index contributed by atoms with van der Waals surface area (Å²) in [7, 11) is 0. The molecule has 0 saturated carbocycles. The van der Waals surface area contributed by atoms with Gasteiger partial charge in [0.05, 0.1) is 34.6 Å². The summed E-state index contributed by atoms with van der Waals surface area (Å²) in [6.45, 7) is 3.09. The van der Waals surface area contributed by atoms with Gasteiger partial charge in [0.25, 0.3) is 11.5 Å². The molecule has 1 atom stereocenters. The van der Waals surface area contributed by atoms with Crippen LogP contribution >= 0.6 is 22.9 Å². The van der Waals surface area contributed by atoms with Gasteiger partial charge < -0.3 is 20.5 Å². The van der Waals surface area contributed by atoms with Crippen LogP contribution in [0.5, 0.6) is 0 Å². The van der Waals surface area contributed by atoms with E-state index in [4.69, 9.17) is 21.4 Å². The largest absolute Gasteiger partial charge is 0.442 e. The number of halogens is 1. The van der Waals surface area contributed by atoms with Crippen molar-refractivity contribution in [2.75, 3.05) is 31.1 Å². The number of amides is 2. The molecule has 0 bridgehead atoms. The van der Waals surface area contributed by atoms with Crippen molar-refractivity contribution in [2.24, 2.45) is 0 Å².